The molecule has 1 aliphatic heterocycles. The third-order valence-corrected chi connectivity index (χ3v) is 4.06. The molecular formula is C17H17ClN4O2. The number of nitrogens with zero attached hydrogens (tertiary/aromatic N) is 2. The largest absolute Gasteiger partial charge is 0.359 e. The maximum atomic E-state index is 12.2. The normalized spacial score (nSPS) is 14.2. The SMILES string of the molecule is Cc1ccc(C(=O)Nc2ccc(N3CCNC(=O)C3)c(Cl)c2)cn1. The van der Waals surface area contributed by atoms with Gasteiger partial charge in [-0.15, -0.1) is 0 Å². The fourth-order valence-electron chi connectivity index (χ4n) is 2.49. The minimum atomic E-state index is -0.247. The van der Waals surface area contributed by atoms with Gasteiger partial charge < -0.3 is 15.5 Å². The molecule has 1 saturated heterocycles. The van der Waals surface area contributed by atoms with E-state index >= 15 is 0 Å². The standard InChI is InChI=1S/C17H17ClN4O2/c1-11-2-3-12(9-20-11)17(24)21-13-4-5-15(14(18)8-13)22-7-6-19-16(23)10-22/h2-5,8-9H,6-7,10H2,1H3,(H,19,23)(H,21,24). The minimum Gasteiger partial charge on any atom is -0.359 e. The van der Waals surface area contributed by atoms with Crippen LogP contribution >= 0.6 is 11.6 Å². The number of piperazine rings is 1. The molecule has 0 atom stereocenters. The van der Waals surface area contributed by atoms with Crippen LogP contribution in [0.3, 0.4) is 0 Å². The molecule has 0 spiro atoms. The van der Waals surface area contributed by atoms with E-state index in [0.29, 0.717) is 29.4 Å². The van der Waals surface area contributed by atoms with Crippen LogP contribution in [0.1, 0.15) is 16.1 Å². The van der Waals surface area contributed by atoms with Crippen molar-refractivity contribution >= 4 is 34.8 Å². The molecule has 1 aromatic carbocycles. The van der Waals surface area contributed by atoms with E-state index in [1.165, 1.54) is 6.20 Å². The Kier molecular flexibility index (Phi) is 4.66. The zero-order valence-corrected chi connectivity index (χ0v) is 13.9. The van der Waals surface area contributed by atoms with Gasteiger partial charge in [0.1, 0.15) is 0 Å². The Labute approximate surface area is 144 Å². The highest BCUT2D eigenvalue weighted by Gasteiger charge is 2.19. The average Bonchev–Trinajstić information content (AvgIpc) is 2.55. The van der Waals surface area contributed by atoms with Crippen molar-refractivity contribution < 1.29 is 9.59 Å². The van der Waals surface area contributed by atoms with Crippen molar-refractivity contribution in [1.29, 1.82) is 0 Å². The van der Waals surface area contributed by atoms with Crippen molar-refractivity contribution in [2.45, 2.75) is 6.92 Å². The first-order valence-corrected chi connectivity index (χ1v) is 7.96. The molecule has 0 radical (unpaired) electrons. The molecule has 2 N–H and O–H groups in total. The zero-order chi connectivity index (χ0) is 17.1. The predicted octanol–water partition coefficient (Wildman–Crippen LogP) is 2.23. The number of carbonyl (C=O) groups excluding carboxylic acids is 2. The van der Waals surface area contributed by atoms with E-state index in [9.17, 15) is 9.59 Å². The third kappa shape index (κ3) is 3.65. The van der Waals surface area contributed by atoms with E-state index in [0.717, 1.165) is 11.4 Å². The van der Waals surface area contributed by atoms with Gasteiger partial charge in [-0.25, -0.2) is 0 Å². The number of pyridine rings is 1. The van der Waals surface area contributed by atoms with Crippen LogP contribution in [0.25, 0.3) is 0 Å². The maximum Gasteiger partial charge on any atom is 0.257 e. The van der Waals surface area contributed by atoms with E-state index < -0.39 is 0 Å². The number of halogens is 1. The van der Waals surface area contributed by atoms with Crippen LogP contribution < -0.4 is 15.5 Å². The van der Waals surface area contributed by atoms with Crippen LogP contribution in [0.15, 0.2) is 36.5 Å². The lowest BCUT2D eigenvalue weighted by molar-refractivity contribution is -0.120. The van der Waals surface area contributed by atoms with Crippen LogP contribution in [-0.4, -0.2) is 36.4 Å². The lowest BCUT2D eigenvalue weighted by atomic mass is 10.2. The number of hydrogen-bond donors (Lipinski definition) is 2. The Balaban J connectivity index is 1.73. The Morgan fingerprint density at radius 3 is 2.83 bits per heavy atom. The number of carbonyl (C=O) groups is 2. The second kappa shape index (κ2) is 6.88. The van der Waals surface area contributed by atoms with Gasteiger partial charge in [0.25, 0.3) is 5.91 Å². The summed E-state index contributed by atoms with van der Waals surface area (Å²) in [5, 5.41) is 6.06. The van der Waals surface area contributed by atoms with Gasteiger partial charge in [0.2, 0.25) is 5.91 Å². The lowest BCUT2D eigenvalue weighted by Crippen LogP contribution is -2.47. The first kappa shape index (κ1) is 16.3. The molecule has 24 heavy (non-hydrogen) atoms. The number of hydrogen-bond acceptors (Lipinski definition) is 4. The van der Waals surface area contributed by atoms with Gasteiger partial charge in [0, 0.05) is 30.7 Å². The van der Waals surface area contributed by atoms with Gasteiger partial charge in [-0.3, -0.25) is 14.6 Å². The molecule has 0 unspecified atom stereocenters. The molecule has 2 heterocycles. The summed E-state index contributed by atoms with van der Waals surface area (Å²) in [6.45, 7) is 3.43. The fourth-order valence-corrected chi connectivity index (χ4v) is 2.79. The topological polar surface area (TPSA) is 74.3 Å². The predicted molar refractivity (Wildman–Crippen MR) is 93.6 cm³/mol. The van der Waals surface area contributed by atoms with Crippen molar-refractivity contribution in [3.05, 3.63) is 52.8 Å². The maximum absolute atomic E-state index is 12.2. The molecule has 1 aromatic heterocycles. The molecule has 124 valence electrons. The number of benzene rings is 1. The number of aromatic nitrogens is 1. The minimum absolute atomic E-state index is 0.0263. The van der Waals surface area contributed by atoms with Crippen LogP contribution in [-0.2, 0) is 4.79 Å². The number of amides is 2. The van der Waals surface area contributed by atoms with Crippen LogP contribution in [0.4, 0.5) is 11.4 Å². The highest BCUT2D eigenvalue weighted by molar-refractivity contribution is 6.33. The van der Waals surface area contributed by atoms with Gasteiger partial charge in [0.15, 0.2) is 0 Å². The van der Waals surface area contributed by atoms with E-state index in [4.69, 9.17) is 11.6 Å². The quantitative estimate of drug-likeness (QED) is 0.895. The van der Waals surface area contributed by atoms with Gasteiger partial charge in [0.05, 0.1) is 22.8 Å². The van der Waals surface area contributed by atoms with Crippen molar-refractivity contribution in [2.24, 2.45) is 0 Å². The Morgan fingerprint density at radius 1 is 1.33 bits per heavy atom. The highest BCUT2D eigenvalue weighted by Crippen LogP contribution is 2.29. The van der Waals surface area contributed by atoms with Crippen molar-refractivity contribution in [3.8, 4) is 0 Å². The molecule has 6 nitrogen and oxygen atoms in total. The second-order valence-corrected chi connectivity index (χ2v) is 5.99. The Morgan fingerprint density at radius 2 is 2.17 bits per heavy atom. The third-order valence-electron chi connectivity index (χ3n) is 3.76. The Hall–Kier alpha value is -2.60. The summed E-state index contributed by atoms with van der Waals surface area (Å²) in [5.41, 5.74) is 2.70. The van der Waals surface area contributed by atoms with E-state index in [2.05, 4.69) is 15.6 Å². The van der Waals surface area contributed by atoms with Gasteiger partial charge in [-0.1, -0.05) is 11.6 Å². The fraction of sp³-hybridized carbons (Fsp3) is 0.235. The van der Waals surface area contributed by atoms with E-state index in [1.807, 2.05) is 17.9 Å². The molecule has 1 aliphatic rings. The molecular weight excluding hydrogens is 328 g/mol. The van der Waals surface area contributed by atoms with E-state index in [-0.39, 0.29) is 18.4 Å². The van der Waals surface area contributed by atoms with Crippen molar-refractivity contribution in [3.63, 3.8) is 0 Å². The van der Waals surface area contributed by atoms with Gasteiger partial charge >= 0.3 is 0 Å². The summed E-state index contributed by atoms with van der Waals surface area (Å²) in [4.78, 5) is 29.7. The van der Waals surface area contributed by atoms with Gasteiger partial charge in [-0.05, 0) is 37.3 Å². The number of anilines is 2. The summed E-state index contributed by atoms with van der Waals surface area (Å²) < 4.78 is 0. The molecule has 3 rings (SSSR count). The first-order chi connectivity index (χ1) is 11.5. The van der Waals surface area contributed by atoms with Gasteiger partial charge in [-0.2, -0.15) is 0 Å². The first-order valence-electron chi connectivity index (χ1n) is 7.58. The summed E-state index contributed by atoms with van der Waals surface area (Å²) in [5.74, 6) is -0.273. The monoisotopic (exact) mass is 344 g/mol. The highest BCUT2D eigenvalue weighted by atomic mass is 35.5. The summed E-state index contributed by atoms with van der Waals surface area (Å²) >= 11 is 6.32. The molecule has 0 saturated carbocycles. The average molecular weight is 345 g/mol. The summed E-state index contributed by atoms with van der Waals surface area (Å²) in [6.07, 6.45) is 1.53. The van der Waals surface area contributed by atoms with Crippen LogP contribution in [0.5, 0.6) is 0 Å². The Bertz CT molecular complexity index is 777. The number of aryl methyl sites for hydroxylation is 1. The van der Waals surface area contributed by atoms with Crippen molar-refractivity contribution in [1.82, 2.24) is 10.3 Å². The summed E-state index contributed by atoms with van der Waals surface area (Å²) in [7, 11) is 0. The zero-order valence-electron chi connectivity index (χ0n) is 13.2. The summed E-state index contributed by atoms with van der Waals surface area (Å²) in [6, 6.07) is 8.77. The lowest BCUT2D eigenvalue weighted by Gasteiger charge is -2.29. The van der Waals surface area contributed by atoms with Crippen LogP contribution in [0.2, 0.25) is 5.02 Å². The number of rotatable bonds is 3. The van der Waals surface area contributed by atoms with E-state index in [1.54, 1.807) is 24.3 Å². The second-order valence-electron chi connectivity index (χ2n) is 5.58. The molecule has 2 amide bonds. The molecule has 0 aliphatic carbocycles. The molecule has 7 heteroatoms. The number of nitrogens with one attached hydrogen (secondary N) is 2. The molecule has 2 aromatic rings. The molecule has 0 bridgehead atoms. The van der Waals surface area contributed by atoms with Crippen LogP contribution in [0, 0.1) is 6.92 Å². The molecule has 1 fully saturated rings. The van der Waals surface area contributed by atoms with Crippen molar-refractivity contribution in [2.75, 3.05) is 29.9 Å². The smallest absolute Gasteiger partial charge is 0.257 e.